The lowest BCUT2D eigenvalue weighted by molar-refractivity contribution is -0.173. The van der Waals surface area contributed by atoms with Gasteiger partial charge in [-0.2, -0.15) is 18.3 Å². The van der Waals surface area contributed by atoms with E-state index in [1.165, 1.54) is 24.5 Å². The molecule has 10 heteroatoms. The van der Waals surface area contributed by atoms with Crippen molar-refractivity contribution in [2.24, 2.45) is 0 Å². The summed E-state index contributed by atoms with van der Waals surface area (Å²) >= 11 is 1.48. The van der Waals surface area contributed by atoms with Gasteiger partial charge in [-0.05, 0) is 29.1 Å². The van der Waals surface area contributed by atoms with Crippen LogP contribution in [0.25, 0.3) is 0 Å². The van der Waals surface area contributed by atoms with Crippen LogP contribution in [-0.4, -0.2) is 29.0 Å². The van der Waals surface area contributed by atoms with Crippen LogP contribution in [0.3, 0.4) is 0 Å². The molecular formula is C20H19F3N4O2S. The van der Waals surface area contributed by atoms with E-state index < -0.39 is 24.2 Å². The summed E-state index contributed by atoms with van der Waals surface area (Å²) in [6.45, 7) is 0.293. The van der Waals surface area contributed by atoms with Crippen LogP contribution in [0.15, 0.2) is 47.8 Å². The summed E-state index contributed by atoms with van der Waals surface area (Å²) in [4.78, 5) is 13.4. The Hall–Kier alpha value is -3.01. The number of benzene rings is 1. The van der Waals surface area contributed by atoms with Crippen molar-refractivity contribution in [3.8, 4) is 5.75 Å². The molecule has 3 aromatic rings. The quantitative estimate of drug-likeness (QED) is 0.616. The minimum Gasteiger partial charge on any atom is -0.497 e. The van der Waals surface area contributed by atoms with E-state index >= 15 is 0 Å². The van der Waals surface area contributed by atoms with Crippen molar-refractivity contribution in [2.45, 2.75) is 31.2 Å². The van der Waals surface area contributed by atoms with E-state index in [-0.39, 0.29) is 17.9 Å². The first-order chi connectivity index (χ1) is 14.3. The molecule has 3 heterocycles. The number of fused-ring (bicyclic) bond motifs is 1. The van der Waals surface area contributed by atoms with Gasteiger partial charge in [0, 0.05) is 17.4 Å². The number of anilines is 1. The van der Waals surface area contributed by atoms with E-state index in [2.05, 4.69) is 15.7 Å². The smallest absolute Gasteiger partial charge is 0.410 e. The third-order valence-corrected chi connectivity index (χ3v) is 5.80. The number of aromatic nitrogens is 2. The number of amides is 1. The number of alkyl halides is 3. The molecule has 2 N–H and O–H groups in total. The van der Waals surface area contributed by atoms with Crippen LogP contribution in [0.1, 0.15) is 39.4 Å². The summed E-state index contributed by atoms with van der Waals surface area (Å²) in [7, 11) is 1.50. The maximum atomic E-state index is 13.8. The molecule has 2 atom stereocenters. The number of thiophene rings is 1. The average molecular weight is 436 g/mol. The predicted molar refractivity (Wildman–Crippen MR) is 107 cm³/mol. The lowest BCUT2D eigenvalue weighted by Crippen LogP contribution is -2.35. The first-order valence-corrected chi connectivity index (χ1v) is 10.1. The molecule has 1 amide bonds. The zero-order valence-electron chi connectivity index (χ0n) is 15.9. The first-order valence-electron chi connectivity index (χ1n) is 9.22. The Kier molecular flexibility index (Phi) is 5.42. The van der Waals surface area contributed by atoms with Gasteiger partial charge in [0.25, 0.3) is 5.91 Å². The molecule has 0 unspecified atom stereocenters. The average Bonchev–Trinajstić information content (AvgIpc) is 3.40. The number of carbonyl (C=O) groups is 1. The summed E-state index contributed by atoms with van der Waals surface area (Å²) in [6.07, 6.45) is -4.76. The van der Waals surface area contributed by atoms with E-state index in [1.807, 2.05) is 17.5 Å². The zero-order chi connectivity index (χ0) is 21.3. The molecule has 1 aromatic carbocycles. The number of nitrogens with zero attached hydrogens (tertiary/aromatic N) is 2. The summed E-state index contributed by atoms with van der Waals surface area (Å²) in [6, 6.07) is 9.54. The van der Waals surface area contributed by atoms with Crippen molar-refractivity contribution in [1.82, 2.24) is 15.1 Å². The van der Waals surface area contributed by atoms with E-state index in [0.29, 0.717) is 17.9 Å². The van der Waals surface area contributed by atoms with Gasteiger partial charge in [0.1, 0.15) is 11.6 Å². The van der Waals surface area contributed by atoms with E-state index in [9.17, 15) is 18.0 Å². The van der Waals surface area contributed by atoms with Gasteiger partial charge in [0.15, 0.2) is 11.7 Å². The Bertz CT molecular complexity index is 1030. The van der Waals surface area contributed by atoms with Crippen LogP contribution in [0.4, 0.5) is 19.0 Å². The molecule has 158 valence electrons. The monoisotopic (exact) mass is 436 g/mol. The van der Waals surface area contributed by atoms with Crippen LogP contribution in [-0.2, 0) is 6.54 Å². The second-order valence-corrected chi connectivity index (χ2v) is 7.92. The second-order valence-electron chi connectivity index (χ2n) is 6.89. The molecule has 0 fully saturated rings. The highest BCUT2D eigenvalue weighted by molar-refractivity contribution is 7.09. The molecule has 30 heavy (non-hydrogen) atoms. The first kappa shape index (κ1) is 20.3. The summed E-state index contributed by atoms with van der Waals surface area (Å²) in [5.74, 6) is 0.189. The molecular weight excluding hydrogens is 417 g/mol. The van der Waals surface area contributed by atoms with E-state index in [1.54, 1.807) is 24.3 Å². The van der Waals surface area contributed by atoms with Crippen molar-refractivity contribution in [3.63, 3.8) is 0 Å². The fourth-order valence-corrected chi connectivity index (χ4v) is 4.08. The summed E-state index contributed by atoms with van der Waals surface area (Å²) in [5, 5.41) is 11.6. The molecule has 0 saturated heterocycles. The van der Waals surface area contributed by atoms with Gasteiger partial charge in [-0.25, -0.2) is 4.68 Å². The van der Waals surface area contributed by atoms with Crippen LogP contribution in [0.2, 0.25) is 0 Å². The van der Waals surface area contributed by atoms with Crippen LogP contribution in [0.5, 0.6) is 5.75 Å². The predicted octanol–water partition coefficient (Wildman–Crippen LogP) is 4.54. The molecule has 0 spiro atoms. The van der Waals surface area contributed by atoms with Gasteiger partial charge < -0.3 is 15.4 Å². The molecule has 1 aliphatic rings. The van der Waals surface area contributed by atoms with Crippen molar-refractivity contribution in [2.75, 3.05) is 12.4 Å². The normalized spacial score (nSPS) is 18.4. The maximum Gasteiger partial charge on any atom is 0.410 e. The highest BCUT2D eigenvalue weighted by atomic mass is 32.1. The lowest BCUT2D eigenvalue weighted by Gasteiger charge is -2.33. The topological polar surface area (TPSA) is 68.2 Å². The van der Waals surface area contributed by atoms with Crippen molar-refractivity contribution >= 4 is 23.1 Å². The SMILES string of the molecule is COc1cccc([C@@H]2C[C@@H](C(F)(F)F)n3nc(C(=O)NCc4cccs4)cc3N2)c1. The molecule has 2 aromatic heterocycles. The van der Waals surface area contributed by atoms with Gasteiger partial charge in [-0.3, -0.25) is 4.79 Å². The maximum absolute atomic E-state index is 13.8. The van der Waals surface area contributed by atoms with Crippen molar-refractivity contribution < 1.29 is 22.7 Å². The number of hydrogen-bond acceptors (Lipinski definition) is 5. The van der Waals surface area contributed by atoms with Gasteiger partial charge >= 0.3 is 6.18 Å². The van der Waals surface area contributed by atoms with Gasteiger partial charge in [0.2, 0.25) is 0 Å². The van der Waals surface area contributed by atoms with Crippen LogP contribution < -0.4 is 15.4 Å². The molecule has 0 radical (unpaired) electrons. The number of rotatable bonds is 5. The Balaban J connectivity index is 1.60. The number of hydrogen-bond donors (Lipinski definition) is 2. The fraction of sp³-hybridized carbons (Fsp3) is 0.300. The van der Waals surface area contributed by atoms with Gasteiger partial charge in [-0.15, -0.1) is 11.3 Å². The van der Waals surface area contributed by atoms with Gasteiger partial charge in [0.05, 0.1) is 19.7 Å². The fourth-order valence-electron chi connectivity index (χ4n) is 3.43. The molecule has 0 aliphatic carbocycles. The Labute approximate surface area is 174 Å². The van der Waals surface area contributed by atoms with E-state index in [4.69, 9.17) is 4.74 Å². The van der Waals surface area contributed by atoms with E-state index in [0.717, 1.165) is 9.56 Å². The molecule has 1 aliphatic heterocycles. The van der Waals surface area contributed by atoms with Gasteiger partial charge in [-0.1, -0.05) is 18.2 Å². The highest BCUT2D eigenvalue weighted by Crippen LogP contribution is 2.43. The Morgan fingerprint density at radius 2 is 2.17 bits per heavy atom. The lowest BCUT2D eigenvalue weighted by atomic mass is 9.97. The van der Waals surface area contributed by atoms with Crippen molar-refractivity contribution in [1.29, 1.82) is 0 Å². The standard InChI is InChI=1S/C20H19F3N4O2S/c1-29-13-5-2-4-12(8-13)15-9-17(20(21,22)23)27-18(25-15)10-16(26-27)19(28)24-11-14-6-3-7-30-14/h2-8,10,15,17,25H,9,11H2,1H3,(H,24,28)/t15-,17-/m0/s1. The molecule has 0 bridgehead atoms. The minimum absolute atomic E-state index is 0.0606. The number of methoxy groups -OCH3 is 1. The highest BCUT2D eigenvalue weighted by Gasteiger charge is 2.46. The summed E-state index contributed by atoms with van der Waals surface area (Å²) in [5.41, 5.74) is 0.606. The number of carbonyl (C=O) groups excluding carboxylic acids is 1. The van der Waals surface area contributed by atoms with Crippen LogP contribution in [0, 0.1) is 0 Å². The number of nitrogens with one attached hydrogen (secondary N) is 2. The largest absolute Gasteiger partial charge is 0.497 e. The minimum atomic E-state index is -4.51. The Morgan fingerprint density at radius 1 is 1.33 bits per heavy atom. The molecule has 6 nitrogen and oxygen atoms in total. The summed E-state index contributed by atoms with van der Waals surface area (Å²) < 4.78 is 47.4. The third kappa shape index (κ3) is 4.13. The van der Waals surface area contributed by atoms with Crippen molar-refractivity contribution in [3.05, 3.63) is 64.0 Å². The second kappa shape index (κ2) is 8.02. The third-order valence-electron chi connectivity index (χ3n) is 4.92. The van der Waals surface area contributed by atoms with Crippen LogP contribution >= 0.6 is 11.3 Å². The molecule has 4 rings (SSSR count). The number of ether oxygens (including phenoxy) is 1. The zero-order valence-corrected chi connectivity index (χ0v) is 16.8. The Morgan fingerprint density at radius 3 is 2.87 bits per heavy atom. The molecule has 0 saturated carbocycles. The number of halogens is 3.